The lowest BCUT2D eigenvalue weighted by molar-refractivity contribution is -0.121. The van der Waals surface area contributed by atoms with E-state index < -0.39 is 30.1 Å². The average molecular weight is 335 g/mol. The van der Waals surface area contributed by atoms with Gasteiger partial charge >= 0.3 is 0 Å². The SMILES string of the molecule is Cc1cccc(OCC(O)CNC(=O)Cc2c(F)cccc2F)c1. The molecule has 0 aromatic heterocycles. The van der Waals surface area contributed by atoms with Crippen LogP contribution in [0.15, 0.2) is 42.5 Å². The van der Waals surface area contributed by atoms with Crippen molar-refractivity contribution in [2.45, 2.75) is 19.4 Å². The number of aryl methyl sites for hydroxylation is 1. The Kier molecular flexibility index (Phi) is 6.26. The van der Waals surface area contributed by atoms with Gasteiger partial charge in [-0.1, -0.05) is 18.2 Å². The van der Waals surface area contributed by atoms with E-state index in [1.165, 1.54) is 6.07 Å². The molecule has 1 amide bonds. The van der Waals surface area contributed by atoms with Crippen LogP contribution in [0.2, 0.25) is 0 Å². The molecule has 0 spiro atoms. The largest absolute Gasteiger partial charge is 0.491 e. The van der Waals surface area contributed by atoms with Crippen molar-refractivity contribution in [1.82, 2.24) is 5.32 Å². The standard InChI is InChI=1S/C18H19F2NO3/c1-12-4-2-5-14(8-12)24-11-13(22)10-21-18(23)9-15-16(19)6-3-7-17(15)20/h2-8,13,22H,9-11H2,1H3,(H,21,23). The molecule has 2 aromatic carbocycles. The van der Waals surface area contributed by atoms with Crippen molar-refractivity contribution in [2.75, 3.05) is 13.2 Å². The van der Waals surface area contributed by atoms with Gasteiger partial charge in [0.15, 0.2) is 0 Å². The third-order valence-electron chi connectivity index (χ3n) is 3.37. The van der Waals surface area contributed by atoms with E-state index in [9.17, 15) is 18.7 Å². The maximum atomic E-state index is 13.5. The van der Waals surface area contributed by atoms with Crippen LogP contribution in [-0.4, -0.2) is 30.3 Å². The van der Waals surface area contributed by atoms with E-state index >= 15 is 0 Å². The summed E-state index contributed by atoms with van der Waals surface area (Å²) in [6.07, 6.45) is -1.36. The molecule has 0 aliphatic heterocycles. The zero-order valence-corrected chi connectivity index (χ0v) is 13.3. The van der Waals surface area contributed by atoms with Crippen molar-refractivity contribution in [2.24, 2.45) is 0 Å². The first-order chi connectivity index (χ1) is 11.5. The van der Waals surface area contributed by atoms with Crippen LogP contribution in [-0.2, 0) is 11.2 Å². The minimum atomic E-state index is -0.931. The Bertz CT molecular complexity index is 686. The molecule has 2 N–H and O–H groups in total. The molecule has 2 rings (SSSR count). The normalized spacial score (nSPS) is 11.8. The number of aliphatic hydroxyl groups is 1. The molecule has 128 valence electrons. The Morgan fingerprint density at radius 3 is 2.54 bits per heavy atom. The lowest BCUT2D eigenvalue weighted by Crippen LogP contribution is -2.36. The van der Waals surface area contributed by atoms with Crippen molar-refractivity contribution in [3.05, 3.63) is 65.2 Å². The zero-order chi connectivity index (χ0) is 17.5. The number of halogens is 2. The molecule has 0 saturated carbocycles. The van der Waals surface area contributed by atoms with E-state index in [1.807, 2.05) is 25.1 Å². The van der Waals surface area contributed by atoms with E-state index in [1.54, 1.807) is 6.07 Å². The fraction of sp³-hybridized carbons (Fsp3) is 0.278. The molecular formula is C18H19F2NO3. The Morgan fingerprint density at radius 2 is 1.88 bits per heavy atom. The molecule has 0 aliphatic rings. The fourth-order valence-electron chi connectivity index (χ4n) is 2.11. The average Bonchev–Trinajstić information content (AvgIpc) is 2.54. The first kappa shape index (κ1) is 17.9. The second-order valence-corrected chi connectivity index (χ2v) is 5.46. The minimum absolute atomic E-state index is 0.00219. The van der Waals surface area contributed by atoms with E-state index in [2.05, 4.69) is 5.32 Å². The predicted molar refractivity (Wildman–Crippen MR) is 85.8 cm³/mol. The second kappa shape index (κ2) is 8.40. The third kappa shape index (κ3) is 5.31. The van der Waals surface area contributed by atoms with Crippen LogP contribution in [0.5, 0.6) is 5.75 Å². The van der Waals surface area contributed by atoms with Gasteiger partial charge in [-0.05, 0) is 36.8 Å². The zero-order valence-electron chi connectivity index (χ0n) is 13.3. The van der Waals surface area contributed by atoms with Crippen molar-refractivity contribution in [3.63, 3.8) is 0 Å². The molecule has 24 heavy (non-hydrogen) atoms. The first-order valence-corrected chi connectivity index (χ1v) is 7.53. The summed E-state index contributed by atoms with van der Waals surface area (Å²) in [7, 11) is 0. The minimum Gasteiger partial charge on any atom is -0.491 e. The smallest absolute Gasteiger partial charge is 0.224 e. The van der Waals surface area contributed by atoms with Gasteiger partial charge in [-0.2, -0.15) is 0 Å². The van der Waals surface area contributed by atoms with Gasteiger partial charge in [0.2, 0.25) is 5.91 Å². The number of hydrogen-bond acceptors (Lipinski definition) is 3. The van der Waals surface area contributed by atoms with Gasteiger partial charge in [0.05, 0.1) is 6.42 Å². The van der Waals surface area contributed by atoms with Gasteiger partial charge in [0, 0.05) is 12.1 Å². The fourth-order valence-corrected chi connectivity index (χ4v) is 2.11. The van der Waals surface area contributed by atoms with Crippen LogP contribution in [0.1, 0.15) is 11.1 Å². The Labute approximate surface area is 139 Å². The maximum Gasteiger partial charge on any atom is 0.224 e. The van der Waals surface area contributed by atoms with E-state index in [0.29, 0.717) is 5.75 Å². The molecule has 0 saturated heterocycles. The summed E-state index contributed by atoms with van der Waals surface area (Å²) in [4.78, 5) is 11.7. The highest BCUT2D eigenvalue weighted by Crippen LogP contribution is 2.13. The highest BCUT2D eigenvalue weighted by molar-refractivity contribution is 5.78. The number of carbonyl (C=O) groups excluding carboxylic acids is 1. The van der Waals surface area contributed by atoms with Gasteiger partial charge in [-0.25, -0.2) is 8.78 Å². The lowest BCUT2D eigenvalue weighted by atomic mass is 10.1. The molecule has 6 heteroatoms. The Morgan fingerprint density at radius 1 is 1.21 bits per heavy atom. The van der Waals surface area contributed by atoms with Crippen LogP contribution in [0.25, 0.3) is 0 Å². The summed E-state index contributed by atoms with van der Waals surface area (Å²) in [5, 5.41) is 12.2. The van der Waals surface area contributed by atoms with E-state index in [0.717, 1.165) is 17.7 Å². The highest BCUT2D eigenvalue weighted by Gasteiger charge is 2.14. The molecule has 0 heterocycles. The molecular weight excluding hydrogens is 316 g/mol. The molecule has 0 aliphatic carbocycles. The van der Waals surface area contributed by atoms with Gasteiger partial charge in [0.1, 0.15) is 30.1 Å². The maximum absolute atomic E-state index is 13.5. The number of hydrogen-bond donors (Lipinski definition) is 2. The van der Waals surface area contributed by atoms with Crippen LogP contribution >= 0.6 is 0 Å². The molecule has 0 fully saturated rings. The second-order valence-electron chi connectivity index (χ2n) is 5.46. The number of ether oxygens (including phenoxy) is 1. The predicted octanol–water partition coefficient (Wildman–Crippen LogP) is 2.37. The molecule has 1 atom stereocenters. The van der Waals surface area contributed by atoms with Gasteiger partial charge in [-0.3, -0.25) is 4.79 Å². The quantitative estimate of drug-likeness (QED) is 0.817. The van der Waals surface area contributed by atoms with Crippen LogP contribution in [0.3, 0.4) is 0 Å². The van der Waals surface area contributed by atoms with Gasteiger partial charge in [0.25, 0.3) is 0 Å². The van der Waals surface area contributed by atoms with Crippen molar-refractivity contribution in [1.29, 1.82) is 0 Å². The number of amides is 1. The topological polar surface area (TPSA) is 58.6 Å². The summed E-state index contributed by atoms with van der Waals surface area (Å²) in [5.74, 6) is -1.50. The Hall–Kier alpha value is -2.47. The van der Waals surface area contributed by atoms with Crippen LogP contribution < -0.4 is 10.1 Å². The summed E-state index contributed by atoms with van der Waals surface area (Å²) in [5.41, 5.74) is 0.739. The number of benzene rings is 2. The van der Waals surface area contributed by atoms with Crippen LogP contribution in [0.4, 0.5) is 8.78 Å². The van der Waals surface area contributed by atoms with Gasteiger partial charge in [-0.15, -0.1) is 0 Å². The number of carbonyl (C=O) groups is 1. The highest BCUT2D eigenvalue weighted by atomic mass is 19.1. The Balaban J connectivity index is 1.77. The number of rotatable bonds is 7. The lowest BCUT2D eigenvalue weighted by Gasteiger charge is -2.14. The first-order valence-electron chi connectivity index (χ1n) is 7.53. The molecule has 2 aromatic rings. The van der Waals surface area contributed by atoms with E-state index in [-0.39, 0.29) is 18.7 Å². The van der Waals surface area contributed by atoms with Crippen molar-refractivity contribution in [3.8, 4) is 5.75 Å². The summed E-state index contributed by atoms with van der Waals surface area (Å²) in [6.45, 7) is 1.85. The number of nitrogens with one attached hydrogen (secondary N) is 1. The van der Waals surface area contributed by atoms with Gasteiger partial charge < -0.3 is 15.2 Å². The molecule has 0 radical (unpaired) electrons. The van der Waals surface area contributed by atoms with Crippen LogP contribution in [0, 0.1) is 18.6 Å². The molecule has 0 bridgehead atoms. The summed E-state index contributed by atoms with van der Waals surface area (Å²) in [6, 6.07) is 10.8. The van der Waals surface area contributed by atoms with Crippen molar-refractivity contribution < 1.29 is 23.4 Å². The third-order valence-corrected chi connectivity index (χ3v) is 3.37. The summed E-state index contributed by atoms with van der Waals surface area (Å²) < 4.78 is 32.3. The summed E-state index contributed by atoms with van der Waals surface area (Å²) >= 11 is 0. The molecule has 4 nitrogen and oxygen atoms in total. The van der Waals surface area contributed by atoms with Crippen molar-refractivity contribution >= 4 is 5.91 Å². The molecule has 1 unspecified atom stereocenters. The number of aliphatic hydroxyl groups excluding tert-OH is 1. The monoisotopic (exact) mass is 335 g/mol. The van der Waals surface area contributed by atoms with E-state index in [4.69, 9.17) is 4.74 Å².